The van der Waals surface area contributed by atoms with Crippen LogP contribution in [0.2, 0.25) is 0 Å². The molecule has 4 rings (SSSR count). The number of fused-ring (bicyclic) bond motifs is 5. The van der Waals surface area contributed by atoms with E-state index in [1.807, 2.05) is 0 Å². The van der Waals surface area contributed by atoms with Crippen LogP contribution in [0.1, 0.15) is 47.0 Å². The van der Waals surface area contributed by atoms with Crippen molar-refractivity contribution in [2.75, 3.05) is 13.2 Å². The van der Waals surface area contributed by atoms with Gasteiger partial charge in [0.15, 0.2) is 0 Å². The Morgan fingerprint density at radius 2 is 2.04 bits per heavy atom. The first-order valence-corrected chi connectivity index (χ1v) is 9.86. The summed E-state index contributed by atoms with van der Waals surface area (Å²) in [7, 11) is 0. The van der Waals surface area contributed by atoms with Crippen molar-refractivity contribution in [3.05, 3.63) is 22.8 Å². The monoisotopic (exact) mass is 362 g/mol. The molecule has 2 heterocycles. The number of rotatable bonds is 5. The Morgan fingerprint density at radius 3 is 2.69 bits per heavy atom. The maximum atomic E-state index is 12.2. The molecule has 5 nitrogen and oxygen atoms in total. The summed E-state index contributed by atoms with van der Waals surface area (Å²) in [6.45, 7) is 8.83. The number of esters is 1. The second-order valence-electron chi connectivity index (χ2n) is 8.98. The van der Waals surface area contributed by atoms with Crippen LogP contribution >= 0.6 is 0 Å². The van der Waals surface area contributed by atoms with Gasteiger partial charge < -0.3 is 19.7 Å². The van der Waals surface area contributed by atoms with Crippen LogP contribution in [0.3, 0.4) is 0 Å². The Bertz CT molecular complexity index is 693. The first-order valence-electron chi connectivity index (χ1n) is 9.86. The molecule has 2 bridgehead atoms. The predicted octanol–water partition coefficient (Wildman–Crippen LogP) is 2.37. The molecule has 0 amide bonds. The van der Waals surface area contributed by atoms with E-state index < -0.39 is 17.1 Å². The molecule has 0 spiro atoms. The van der Waals surface area contributed by atoms with E-state index in [0.717, 1.165) is 16.7 Å². The minimum atomic E-state index is -0.726. The molecule has 2 aliphatic heterocycles. The summed E-state index contributed by atoms with van der Waals surface area (Å²) >= 11 is 0. The number of epoxide rings is 1. The number of hydrogen-bond donors (Lipinski definition) is 2. The average molecular weight is 362 g/mol. The minimum Gasteiger partial charge on any atom is -0.457 e. The van der Waals surface area contributed by atoms with Crippen LogP contribution in [0.5, 0.6) is 0 Å². The second kappa shape index (κ2) is 5.91. The van der Waals surface area contributed by atoms with Crippen LogP contribution in [-0.2, 0) is 14.3 Å². The van der Waals surface area contributed by atoms with Crippen molar-refractivity contribution >= 4 is 5.97 Å². The van der Waals surface area contributed by atoms with Crippen molar-refractivity contribution in [1.82, 2.24) is 0 Å². The summed E-state index contributed by atoms with van der Waals surface area (Å²) in [6.07, 6.45) is 3.14. The van der Waals surface area contributed by atoms with E-state index in [1.54, 1.807) is 0 Å². The van der Waals surface area contributed by atoms with E-state index in [-0.39, 0.29) is 24.6 Å². The molecule has 144 valence electrons. The van der Waals surface area contributed by atoms with Gasteiger partial charge in [-0.25, -0.2) is 4.79 Å². The first-order chi connectivity index (χ1) is 12.3. The Balaban J connectivity index is 1.78. The van der Waals surface area contributed by atoms with Gasteiger partial charge in [0.2, 0.25) is 0 Å². The molecule has 6 unspecified atom stereocenters. The summed E-state index contributed by atoms with van der Waals surface area (Å²) in [5, 5.41) is 21.7. The summed E-state index contributed by atoms with van der Waals surface area (Å²) < 4.78 is 11.3. The van der Waals surface area contributed by atoms with E-state index in [1.165, 1.54) is 0 Å². The molecule has 1 saturated heterocycles. The number of aliphatic hydroxyl groups excluding tert-OH is 2. The van der Waals surface area contributed by atoms with E-state index in [9.17, 15) is 15.0 Å². The lowest BCUT2D eigenvalue weighted by Crippen LogP contribution is -2.57. The topological polar surface area (TPSA) is 79.3 Å². The SMILES string of the molecule is CC(C)C(C)CC(O)C12CCC3=C(COC3=O)C(=CC3OC31CO)C2C. The maximum Gasteiger partial charge on any atom is 0.334 e. The normalized spacial score (nSPS) is 40.4. The average Bonchev–Trinajstić information content (AvgIpc) is 3.24. The number of ether oxygens (including phenoxy) is 2. The standard InChI is InChI=1S/C21H30O5/c1-11(2)12(3)7-17(23)20-6-5-14-16(9-25-19(14)24)15(13(20)4)8-18-21(20,10-22)26-18/h8,11-13,17-18,22-23H,5-7,9-10H2,1-4H3. The smallest absolute Gasteiger partial charge is 0.334 e. The van der Waals surface area contributed by atoms with E-state index in [2.05, 4.69) is 33.8 Å². The number of aliphatic hydroxyl groups is 2. The van der Waals surface area contributed by atoms with Gasteiger partial charge in [0, 0.05) is 16.6 Å². The lowest BCUT2D eigenvalue weighted by Gasteiger charge is -2.49. The molecule has 1 fully saturated rings. The number of carbonyl (C=O) groups excluding carboxylic acids is 1. The lowest BCUT2D eigenvalue weighted by molar-refractivity contribution is -0.136. The summed E-state index contributed by atoms with van der Waals surface area (Å²) in [6, 6.07) is 0. The fourth-order valence-electron chi connectivity index (χ4n) is 5.60. The summed E-state index contributed by atoms with van der Waals surface area (Å²) in [4.78, 5) is 12.2. The van der Waals surface area contributed by atoms with Gasteiger partial charge in [0.1, 0.15) is 18.3 Å². The molecule has 2 aliphatic carbocycles. The minimum absolute atomic E-state index is 0.00441. The van der Waals surface area contributed by atoms with E-state index in [4.69, 9.17) is 9.47 Å². The number of carbonyl (C=O) groups is 1. The quantitative estimate of drug-likeness (QED) is 0.580. The third-order valence-corrected chi connectivity index (χ3v) is 7.76. The zero-order valence-electron chi connectivity index (χ0n) is 16.1. The molecule has 0 aromatic rings. The third-order valence-electron chi connectivity index (χ3n) is 7.76. The molecule has 6 atom stereocenters. The first kappa shape index (κ1) is 18.2. The number of hydrogen-bond acceptors (Lipinski definition) is 5. The summed E-state index contributed by atoms with van der Waals surface area (Å²) in [5.41, 5.74) is 1.50. The maximum absolute atomic E-state index is 12.2. The fraction of sp³-hybridized carbons (Fsp3) is 0.762. The highest BCUT2D eigenvalue weighted by Crippen LogP contribution is 2.66. The van der Waals surface area contributed by atoms with Crippen LogP contribution in [0, 0.1) is 23.2 Å². The van der Waals surface area contributed by atoms with Crippen molar-refractivity contribution in [2.45, 2.75) is 64.8 Å². The highest BCUT2D eigenvalue weighted by molar-refractivity contribution is 5.93. The molecular weight excluding hydrogens is 332 g/mol. The predicted molar refractivity (Wildman–Crippen MR) is 96.2 cm³/mol. The summed E-state index contributed by atoms with van der Waals surface area (Å²) in [5.74, 6) is 0.611. The Labute approximate surface area is 155 Å². The molecule has 0 aromatic carbocycles. The Hall–Kier alpha value is -1.17. The zero-order chi connectivity index (χ0) is 18.9. The van der Waals surface area contributed by atoms with Gasteiger partial charge in [-0.3, -0.25) is 0 Å². The Morgan fingerprint density at radius 1 is 1.31 bits per heavy atom. The van der Waals surface area contributed by atoms with Gasteiger partial charge >= 0.3 is 5.97 Å². The van der Waals surface area contributed by atoms with Crippen LogP contribution in [0.25, 0.3) is 0 Å². The number of cyclic esters (lactones) is 1. The highest BCUT2D eigenvalue weighted by Gasteiger charge is 2.74. The highest BCUT2D eigenvalue weighted by atomic mass is 16.6. The van der Waals surface area contributed by atoms with Gasteiger partial charge in [-0.2, -0.15) is 0 Å². The van der Waals surface area contributed by atoms with Gasteiger partial charge in [0.05, 0.1) is 12.7 Å². The van der Waals surface area contributed by atoms with Gasteiger partial charge in [0.25, 0.3) is 0 Å². The molecule has 26 heavy (non-hydrogen) atoms. The third kappa shape index (κ3) is 2.17. The largest absolute Gasteiger partial charge is 0.457 e. The van der Waals surface area contributed by atoms with Crippen LogP contribution in [0.15, 0.2) is 22.8 Å². The molecule has 2 N–H and O–H groups in total. The van der Waals surface area contributed by atoms with Crippen molar-refractivity contribution in [1.29, 1.82) is 0 Å². The van der Waals surface area contributed by atoms with Crippen molar-refractivity contribution in [3.63, 3.8) is 0 Å². The molecule has 0 saturated carbocycles. The molecule has 5 heteroatoms. The van der Waals surface area contributed by atoms with Gasteiger partial charge in [-0.15, -0.1) is 0 Å². The Kier molecular flexibility index (Phi) is 4.14. The lowest BCUT2D eigenvalue weighted by atomic mass is 9.54. The fourth-order valence-corrected chi connectivity index (χ4v) is 5.60. The van der Waals surface area contributed by atoms with E-state index >= 15 is 0 Å². The van der Waals surface area contributed by atoms with Gasteiger partial charge in [-0.1, -0.05) is 27.7 Å². The van der Waals surface area contributed by atoms with E-state index in [0.29, 0.717) is 37.7 Å². The zero-order valence-corrected chi connectivity index (χ0v) is 16.1. The van der Waals surface area contributed by atoms with Crippen molar-refractivity contribution in [2.24, 2.45) is 23.2 Å². The van der Waals surface area contributed by atoms with Crippen LogP contribution in [0.4, 0.5) is 0 Å². The molecule has 0 radical (unpaired) electrons. The molecule has 4 aliphatic rings. The molecular formula is C21H30O5. The van der Waals surface area contributed by atoms with Gasteiger partial charge in [-0.05, 0) is 48.7 Å². The second-order valence-corrected chi connectivity index (χ2v) is 8.98. The van der Waals surface area contributed by atoms with Crippen molar-refractivity contribution < 1.29 is 24.5 Å². The van der Waals surface area contributed by atoms with Crippen LogP contribution < -0.4 is 0 Å². The molecule has 0 aromatic heterocycles. The van der Waals surface area contributed by atoms with Crippen molar-refractivity contribution in [3.8, 4) is 0 Å². The van der Waals surface area contributed by atoms with Crippen LogP contribution in [-0.4, -0.2) is 47.2 Å².